The van der Waals surface area contributed by atoms with Crippen LogP contribution >= 0.6 is 0 Å². The van der Waals surface area contributed by atoms with Gasteiger partial charge in [0.15, 0.2) is 0 Å². The zero-order valence-electron chi connectivity index (χ0n) is 15.1. The van der Waals surface area contributed by atoms with Gasteiger partial charge in [-0.25, -0.2) is 0 Å². The summed E-state index contributed by atoms with van der Waals surface area (Å²) >= 11 is 0. The second kappa shape index (κ2) is 9.97. The zero-order chi connectivity index (χ0) is 18.2. The summed E-state index contributed by atoms with van der Waals surface area (Å²) in [7, 11) is 0. The summed E-state index contributed by atoms with van der Waals surface area (Å²) in [6.45, 7) is 2.14. The molecule has 0 aromatic heterocycles. The molecule has 142 valence electrons. The topological polar surface area (TPSA) is 87.0 Å². The van der Waals surface area contributed by atoms with Crippen LogP contribution in [0, 0.1) is 11.8 Å². The number of aliphatic hydroxyl groups is 2. The van der Waals surface area contributed by atoms with Crippen molar-refractivity contribution < 1.29 is 24.9 Å². The zero-order valence-corrected chi connectivity index (χ0v) is 15.1. The van der Waals surface area contributed by atoms with Crippen LogP contribution in [0.3, 0.4) is 0 Å². The molecule has 3 N–H and O–H groups in total. The smallest absolute Gasteiger partial charge is 0.303 e. The lowest BCUT2D eigenvalue weighted by Crippen LogP contribution is -2.27. The summed E-state index contributed by atoms with van der Waals surface area (Å²) in [6.07, 6.45) is 11.8. The van der Waals surface area contributed by atoms with Crippen molar-refractivity contribution in [2.24, 2.45) is 11.8 Å². The van der Waals surface area contributed by atoms with Crippen molar-refractivity contribution in [1.82, 2.24) is 0 Å². The first-order valence-corrected chi connectivity index (χ1v) is 9.63. The maximum atomic E-state index is 10.6. The number of aliphatic carboxylic acids is 1. The lowest BCUT2D eigenvalue weighted by Gasteiger charge is -2.31. The normalized spacial score (nSPS) is 31.9. The molecule has 0 aromatic carbocycles. The molecule has 2 fully saturated rings. The van der Waals surface area contributed by atoms with Gasteiger partial charge in [-0.05, 0) is 25.3 Å². The van der Waals surface area contributed by atoms with Crippen LogP contribution in [0.2, 0.25) is 0 Å². The second-order valence-electron chi connectivity index (χ2n) is 7.29. The molecule has 1 saturated heterocycles. The molecule has 0 unspecified atom stereocenters. The maximum Gasteiger partial charge on any atom is 0.303 e. The van der Waals surface area contributed by atoms with Gasteiger partial charge >= 0.3 is 5.97 Å². The summed E-state index contributed by atoms with van der Waals surface area (Å²) in [5.74, 6) is 0.362. The number of hydrogen-bond donors (Lipinski definition) is 3. The average Bonchev–Trinajstić information content (AvgIpc) is 2.87. The number of aliphatic hydroxyl groups excluding tert-OH is 2. The standard InChI is InChI=1S/C20H32O5/c1-2-3-4-6-14(21)9-11-16-17-12-10-15(7-5-8-20(23)24)25-19(17)13-18(16)22/h7,9,11,14,16-19,21-22H,2-6,8,10,12-13H2,1H3,(H,23,24)/b11-9+,15-7-/t14-,16+,17+,18+,19-/m0/s1. The molecular weight excluding hydrogens is 320 g/mol. The number of allylic oxidation sites excluding steroid dienone is 2. The highest BCUT2D eigenvalue weighted by Crippen LogP contribution is 2.43. The van der Waals surface area contributed by atoms with Crippen LogP contribution in [0.15, 0.2) is 24.0 Å². The molecule has 5 heteroatoms. The monoisotopic (exact) mass is 352 g/mol. The highest BCUT2D eigenvalue weighted by molar-refractivity contribution is 5.66. The summed E-state index contributed by atoms with van der Waals surface area (Å²) < 4.78 is 5.99. The van der Waals surface area contributed by atoms with Gasteiger partial charge in [0.1, 0.15) is 6.10 Å². The van der Waals surface area contributed by atoms with Crippen LogP contribution in [0.5, 0.6) is 0 Å². The Kier molecular flexibility index (Phi) is 7.97. The summed E-state index contributed by atoms with van der Waals surface area (Å²) in [4.78, 5) is 10.6. The van der Waals surface area contributed by atoms with E-state index < -0.39 is 18.2 Å². The number of hydrogen-bond acceptors (Lipinski definition) is 4. The Bertz CT molecular complexity index is 484. The molecule has 1 aliphatic carbocycles. The number of ether oxygens (including phenoxy) is 1. The largest absolute Gasteiger partial charge is 0.495 e. The van der Waals surface area contributed by atoms with E-state index in [1.165, 1.54) is 0 Å². The van der Waals surface area contributed by atoms with E-state index in [0.29, 0.717) is 12.8 Å². The van der Waals surface area contributed by atoms with Gasteiger partial charge < -0.3 is 20.1 Å². The molecule has 2 rings (SSSR count). The molecule has 0 spiro atoms. The number of unbranched alkanes of at least 4 members (excludes halogenated alkanes) is 2. The van der Waals surface area contributed by atoms with Crippen molar-refractivity contribution in [3.05, 3.63) is 24.0 Å². The van der Waals surface area contributed by atoms with E-state index in [1.54, 1.807) is 0 Å². The second-order valence-corrected chi connectivity index (χ2v) is 7.29. The lowest BCUT2D eigenvalue weighted by atomic mass is 9.86. The minimum Gasteiger partial charge on any atom is -0.495 e. The van der Waals surface area contributed by atoms with Gasteiger partial charge in [-0.2, -0.15) is 0 Å². The molecule has 1 saturated carbocycles. The molecule has 5 nitrogen and oxygen atoms in total. The molecule has 0 bridgehead atoms. The SMILES string of the molecule is CCCCC[C@H](O)/C=C/[C@@H]1[C@H]2CC/C(=C/CCC(=O)O)O[C@H]2C[C@H]1O. The summed E-state index contributed by atoms with van der Waals surface area (Å²) in [6, 6.07) is 0. The highest BCUT2D eigenvalue weighted by Gasteiger charge is 2.44. The fourth-order valence-electron chi connectivity index (χ4n) is 3.91. The molecule has 0 amide bonds. The third kappa shape index (κ3) is 6.15. The van der Waals surface area contributed by atoms with Crippen LogP contribution in [-0.4, -0.2) is 39.6 Å². The Morgan fingerprint density at radius 1 is 1.40 bits per heavy atom. The van der Waals surface area contributed by atoms with Gasteiger partial charge in [0, 0.05) is 31.1 Å². The van der Waals surface area contributed by atoms with E-state index >= 15 is 0 Å². The van der Waals surface area contributed by atoms with Crippen LogP contribution in [-0.2, 0) is 9.53 Å². The van der Waals surface area contributed by atoms with Crippen molar-refractivity contribution >= 4 is 5.97 Å². The molecule has 5 atom stereocenters. The molecule has 25 heavy (non-hydrogen) atoms. The van der Waals surface area contributed by atoms with Gasteiger partial charge in [-0.3, -0.25) is 4.79 Å². The van der Waals surface area contributed by atoms with E-state index in [1.807, 2.05) is 18.2 Å². The number of carboxylic acid groups (broad SMARTS) is 1. The quantitative estimate of drug-likeness (QED) is 0.437. The van der Waals surface area contributed by atoms with Crippen LogP contribution < -0.4 is 0 Å². The van der Waals surface area contributed by atoms with Crippen molar-refractivity contribution in [2.75, 3.05) is 0 Å². The van der Waals surface area contributed by atoms with Crippen LogP contribution in [0.1, 0.15) is 64.7 Å². The minimum atomic E-state index is -0.801. The highest BCUT2D eigenvalue weighted by atomic mass is 16.5. The first-order chi connectivity index (χ1) is 12.0. The predicted octanol–water partition coefficient (Wildman–Crippen LogP) is 3.41. The van der Waals surface area contributed by atoms with E-state index in [-0.39, 0.29) is 24.4 Å². The first-order valence-electron chi connectivity index (χ1n) is 9.63. The van der Waals surface area contributed by atoms with Gasteiger partial charge in [-0.1, -0.05) is 38.3 Å². The van der Waals surface area contributed by atoms with E-state index in [4.69, 9.17) is 9.84 Å². The molecule has 1 heterocycles. The van der Waals surface area contributed by atoms with Gasteiger partial charge in [0.05, 0.1) is 18.0 Å². The Balaban J connectivity index is 1.85. The predicted molar refractivity (Wildman–Crippen MR) is 96.0 cm³/mol. The van der Waals surface area contributed by atoms with Crippen molar-refractivity contribution in [3.8, 4) is 0 Å². The minimum absolute atomic E-state index is 0.00767. The molecule has 0 radical (unpaired) electrons. The Hall–Kier alpha value is -1.33. The van der Waals surface area contributed by atoms with Gasteiger partial charge in [0.2, 0.25) is 0 Å². The van der Waals surface area contributed by atoms with Gasteiger partial charge in [-0.15, -0.1) is 0 Å². The van der Waals surface area contributed by atoms with Crippen LogP contribution in [0.4, 0.5) is 0 Å². The molecule has 0 aromatic rings. The first kappa shape index (κ1) is 20.0. The van der Waals surface area contributed by atoms with E-state index in [2.05, 4.69) is 6.92 Å². The fraction of sp³-hybridized carbons (Fsp3) is 0.750. The Morgan fingerprint density at radius 2 is 2.20 bits per heavy atom. The van der Waals surface area contributed by atoms with Crippen molar-refractivity contribution in [2.45, 2.75) is 83.0 Å². The van der Waals surface area contributed by atoms with Crippen molar-refractivity contribution in [3.63, 3.8) is 0 Å². The Labute approximate surface area is 150 Å². The molecular formula is C20H32O5. The van der Waals surface area contributed by atoms with E-state index in [9.17, 15) is 15.0 Å². The van der Waals surface area contributed by atoms with Crippen molar-refractivity contribution in [1.29, 1.82) is 0 Å². The third-order valence-electron chi connectivity index (χ3n) is 5.31. The summed E-state index contributed by atoms with van der Waals surface area (Å²) in [5, 5.41) is 29.1. The number of carboxylic acids is 1. The van der Waals surface area contributed by atoms with E-state index in [0.717, 1.165) is 44.3 Å². The summed E-state index contributed by atoms with van der Waals surface area (Å²) in [5.41, 5.74) is 0. The third-order valence-corrected chi connectivity index (χ3v) is 5.31. The Morgan fingerprint density at radius 3 is 2.92 bits per heavy atom. The number of rotatable bonds is 9. The number of fused-ring (bicyclic) bond motifs is 1. The average molecular weight is 352 g/mol. The maximum absolute atomic E-state index is 10.6. The number of carbonyl (C=O) groups is 1. The molecule has 2 aliphatic rings. The fourth-order valence-corrected chi connectivity index (χ4v) is 3.91. The van der Waals surface area contributed by atoms with Crippen LogP contribution in [0.25, 0.3) is 0 Å². The molecule has 1 aliphatic heterocycles. The van der Waals surface area contributed by atoms with Gasteiger partial charge in [0.25, 0.3) is 0 Å². The lowest BCUT2D eigenvalue weighted by molar-refractivity contribution is -0.136.